The maximum Gasteiger partial charge on any atom is 0.0527 e. The first-order valence-electron chi connectivity index (χ1n) is 7.83. The average Bonchev–Trinajstić information content (AvgIpc) is 3.09. The first kappa shape index (κ1) is 14.3. The van der Waals surface area contributed by atoms with Gasteiger partial charge in [0.2, 0.25) is 0 Å². The first-order chi connectivity index (χ1) is 10.1. The van der Waals surface area contributed by atoms with E-state index in [0.29, 0.717) is 6.04 Å². The average molecular weight is 287 g/mol. The summed E-state index contributed by atoms with van der Waals surface area (Å²) in [5, 5.41) is 11.7. The molecule has 5 nitrogen and oxygen atoms in total. The standard InChI is InChI=1S/C16H25N5/c1-13(2)21-14(5-9-18-21)11-20-10-4-7-16(3,12-20)15-6-8-17-19-15/h5-6,8-9,13H,4,7,10-12H2,1-3H3,(H,17,19). The van der Waals surface area contributed by atoms with E-state index >= 15 is 0 Å². The summed E-state index contributed by atoms with van der Waals surface area (Å²) in [5.74, 6) is 0. The third-order valence-corrected chi connectivity index (χ3v) is 4.55. The smallest absolute Gasteiger partial charge is 0.0527 e. The van der Waals surface area contributed by atoms with Gasteiger partial charge in [-0.25, -0.2) is 0 Å². The van der Waals surface area contributed by atoms with Crippen LogP contribution in [0.1, 0.15) is 51.0 Å². The molecule has 0 aliphatic carbocycles. The Morgan fingerprint density at radius 3 is 2.90 bits per heavy atom. The highest BCUT2D eigenvalue weighted by atomic mass is 15.3. The highest BCUT2D eigenvalue weighted by molar-refractivity contribution is 5.16. The van der Waals surface area contributed by atoms with Crippen LogP contribution in [0.2, 0.25) is 0 Å². The number of nitrogens with one attached hydrogen (secondary N) is 1. The lowest BCUT2D eigenvalue weighted by atomic mass is 9.79. The number of hydrogen-bond acceptors (Lipinski definition) is 3. The van der Waals surface area contributed by atoms with Crippen molar-refractivity contribution in [1.82, 2.24) is 24.9 Å². The van der Waals surface area contributed by atoms with Gasteiger partial charge in [-0.3, -0.25) is 14.7 Å². The molecular weight excluding hydrogens is 262 g/mol. The molecule has 0 aromatic carbocycles. The van der Waals surface area contributed by atoms with Gasteiger partial charge in [-0.05, 0) is 45.4 Å². The van der Waals surface area contributed by atoms with Crippen molar-refractivity contribution in [1.29, 1.82) is 0 Å². The van der Waals surface area contributed by atoms with Gasteiger partial charge in [0.1, 0.15) is 0 Å². The number of aromatic amines is 1. The van der Waals surface area contributed by atoms with Crippen molar-refractivity contribution in [3.63, 3.8) is 0 Å². The van der Waals surface area contributed by atoms with Crippen LogP contribution in [0, 0.1) is 0 Å². The lowest BCUT2D eigenvalue weighted by Gasteiger charge is -2.40. The van der Waals surface area contributed by atoms with Crippen LogP contribution < -0.4 is 0 Å². The molecule has 1 saturated heterocycles. The topological polar surface area (TPSA) is 49.7 Å². The highest BCUT2D eigenvalue weighted by Crippen LogP contribution is 2.32. The van der Waals surface area contributed by atoms with E-state index in [1.807, 2.05) is 12.4 Å². The second-order valence-corrected chi connectivity index (χ2v) is 6.71. The summed E-state index contributed by atoms with van der Waals surface area (Å²) < 4.78 is 2.13. The summed E-state index contributed by atoms with van der Waals surface area (Å²) in [6, 6.07) is 4.67. The van der Waals surface area contributed by atoms with Crippen molar-refractivity contribution in [2.75, 3.05) is 13.1 Å². The lowest BCUT2D eigenvalue weighted by molar-refractivity contribution is 0.143. The van der Waals surface area contributed by atoms with E-state index in [9.17, 15) is 0 Å². The molecule has 3 rings (SSSR count). The fourth-order valence-corrected chi connectivity index (χ4v) is 3.45. The van der Waals surface area contributed by atoms with Crippen LogP contribution in [0.25, 0.3) is 0 Å². The Labute approximate surface area is 126 Å². The molecule has 2 aromatic rings. The second-order valence-electron chi connectivity index (χ2n) is 6.71. The molecule has 3 heterocycles. The Bertz CT molecular complexity index is 571. The summed E-state index contributed by atoms with van der Waals surface area (Å²) >= 11 is 0. The minimum atomic E-state index is 0.178. The van der Waals surface area contributed by atoms with Crippen molar-refractivity contribution < 1.29 is 0 Å². The van der Waals surface area contributed by atoms with E-state index in [-0.39, 0.29) is 5.41 Å². The Morgan fingerprint density at radius 1 is 1.33 bits per heavy atom. The third kappa shape index (κ3) is 2.88. The van der Waals surface area contributed by atoms with Crippen LogP contribution in [0.15, 0.2) is 24.5 Å². The Hall–Kier alpha value is -1.62. The van der Waals surface area contributed by atoms with Crippen LogP contribution in [-0.4, -0.2) is 38.0 Å². The van der Waals surface area contributed by atoms with Crippen molar-refractivity contribution in [3.8, 4) is 0 Å². The molecule has 0 amide bonds. The maximum atomic E-state index is 4.44. The highest BCUT2D eigenvalue weighted by Gasteiger charge is 2.34. The number of hydrogen-bond donors (Lipinski definition) is 1. The van der Waals surface area contributed by atoms with E-state index in [0.717, 1.165) is 19.6 Å². The van der Waals surface area contributed by atoms with Gasteiger partial charge in [-0.15, -0.1) is 0 Å². The van der Waals surface area contributed by atoms with Gasteiger partial charge >= 0.3 is 0 Å². The lowest BCUT2D eigenvalue weighted by Crippen LogP contribution is -2.44. The van der Waals surface area contributed by atoms with Crippen LogP contribution in [-0.2, 0) is 12.0 Å². The summed E-state index contributed by atoms with van der Waals surface area (Å²) in [6.45, 7) is 9.91. The molecule has 2 aromatic heterocycles. The van der Waals surface area contributed by atoms with Crippen LogP contribution in [0.5, 0.6) is 0 Å². The summed E-state index contributed by atoms with van der Waals surface area (Å²) in [7, 11) is 0. The molecule has 1 atom stereocenters. The number of likely N-dealkylation sites (tertiary alicyclic amines) is 1. The van der Waals surface area contributed by atoms with Crippen LogP contribution in [0.4, 0.5) is 0 Å². The number of H-pyrrole nitrogens is 1. The molecule has 1 N–H and O–H groups in total. The molecule has 5 heteroatoms. The molecule has 0 radical (unpaired) electrons. The van der Waals surface area contributed by atoms with Gasteiger partial charge < -0.3 is 0 Å². The monoisotopic (exact) mass is 287 g/mol. The molecule has 1 aliphatic rings. The molecule has 1 aliphatic heterocycles. The van der Waals surface area contributed by atoms with Crippen molar-refractivity contribution in [3.05, 3.63) is 35.9 Å². The quantitative estimate of drug-likeness (QED) is 0.940. The molecule has 0 bridgehead atoms. The minimum Gasteiger partial charge on any atom is -0.297 e. The zero-order valence-corrected chi connectivity index (χ0v) is 13.2. The Kier molecular flexibility index (Phi) is 3.85. The fraction of sp³-hybridized carbons (Fsp3) is 0.625. The predicted molar refractivity (Wildman–Crippen MR) is 83.1 cm³/mol. The van der Waals surface area contributed by atoms with E-state index in [4.69, 9.17) is 0 Å². The predicted octanol–water partition coefficient (Wildman–Crippen LogP) is 2.74. The molecule has 0 spiro atoms. The summed E-state index contributed by atoms with van der Waals surface area (Å²) in [5.41, 5.74) is 2.74. The van der Waals surface area contributed by atoms with E-state index in [1.54, 1.807) is 0 Å². The molecular formula is C16H25N5. The fourth-order valence-electron chi connectivity index (χ4n) is 3.45. The Morgan fingerprint density at radius 2 is 2.19 bits per heavy atom. The van der Waals surface area contributed by atoms with Gasteiger partial charge in [0.05, 0.1) is 5.69 Å². The summed E-state index contributed by atoms with van der Waals surface area (Å²) in [6.07, 6.45) is 6.21. The number of aromatic nitrogens is 4. The van der Waals surface area contributed by atoms with E-state index in [2.05, 4.69) is 57.8 Å². The molecule has 1 unspecified atom stereocenters. The molecule has 114 valence electrons. The van der Waals surface area contributed by atoms with E-state index in [1.165, 1.54) is 24.2 Å². The number of piperidine rings is 1. The van der Waals surface area contributed by atoms with Crippen molar-refractivity contribution >= 4 is 0 Å². The molecule has 21 heavy (non-hydrogen) atoms. The van der Waals surface area contributed by atoms with Crippen LogP contribution >= 0.6 is 0 Å². The largest absolute Gasteiger partial charge is 0.297 e. The first-order valence-corrected chi connectivity index (χ1v) is 7.83. The zero-order chi connectivity index (χ0) is 14.9. The zero-order valence-electron chi connectivity index (χ0n) is 13.2. The number of nitrogens with zero attached hydrogens (tertiary/aromatic N) is 4. The summed E-state index contributed by atoms with van der Waals surface area (Å²) in [4.78, 5) is 2.54. The van der Waals surface area contributed by atoms with Gasteiger partial charge in [-0.2, -0.15) is 10.2 Å². The van der Waals surface area contributed by atoms with Gasteiger partial charge in [0.25, 0.3) is 0 Å². The molecule has 1 fully saturated rings. The van der Waals surface area contributed by atoms with Gasteiger partial charge in [0.15, 0.2) is 0 Å². The molecule has 0 saturated carbocycles. The number of rotatable bonds is 4. The van der Waals surface area contributed by atoms with Crippen LogP contribution in [0.3, 0.4) is 0 Å². The maximum absolute atomic E-state index is 4.44. The van der Waals surface area contributed by atoms with Gasteiger partial charge in [-0.1, -0.05) is 6.92 Å². The third-order valence-electron chi connectivity index (χ3n) is 4.55. The van der Waals surface area contributed by atoms with E-state index < -0.39 is 0 Å². The van der Waals surface area contributed by atoms with Crippen molar-refractivity contribution in [2.45, 2.75) is 51.6 Å². The Balaban J connectivity index is 1.73. The van der Waals surface area contributed by atoms with Gasteiger partial charge in [0, 0.05) is 42.6 Å². The minimum absolute atomic E-state index is 0.178. The normalized spacial score (nSPS) is 23.8. The second kappa shape index (κ2) is 5.64. The van der Waals surface area contributed by atoms with Crippen molar-refractivity contribution in [2.24, 2.45) is 0 Å². The SMILES string of the molecule is CC(C)n1nccc1CN1CCCC(C)(c2ccn[nH]2)C1.